The number of pyridine rings is 2. The highest BCUT2D eigenvalue weighted by Crippen LogP contribution is 2.48. The van der Waals surface area contributed by atoms with Crippen molar-refractivity contribution in [2.75, 3.05) is 18.5 Å². The summed E-state index contributed by atoms with van der Waals surface area (Å²) in [7, 11) is -2.05. The van der Waals surface area contributed by atoms with E-state index in [9.17, 15) is 31.5 Å². The Morgan fingerprint density at radius 1 is 1.14 bits per heavy atom. The van der Waals surface area contributed by atoms with Crippen LogP contribution in [0.1, 0.15) is 58.8 Å². The third kappa shape index (κ3) is 4.91. The first-order chi connectivity index (χ1) is 20.2. The highest BCUT2D eigenvalue weighted by molar-refractivity contribution is 7.89. The van der Waals surface area contributed by atoms with E-state index in [1.165, 1.54) is 16.6 Å². The van der Waals surface area contributed by atoms with Crippen molar-refractivity contribution in [1.82, 2.24) is 23.9 Å². The molecule has 14 heteroatoms. The van der Waals surface area contributed by atoms with Crippen LogP contribution in [0.4, 0.5) is 19.0 Å². The maximum Gasteiger partial charge on any atom is 0.452 e. The number of halogens is 3. The maximum absolute atomic E-state index is 13.9. The lowest BCUT2D eigenvalue weighted by atomic mass is 9.85. The minimum Gasteiger partial charge on any atom is -0.481 e. The second-order valence-electron chi connectivity index (χ2n) is 11.3. The summed E-state index contributed by atoms with van der Waals surface area (Å²) < 4.78 is 70.4. The van der Waals surface area contributed by atoms with Crippen molar-refractivity contribution in [3.8, 4) is 0 Å². The Morgan fingerprint density at radius 2 is 1.88 bits per heavy atom. The molecule has 0 amide bonds. The number of carboxylic acid groups (broad SMARTS) is 1. The summed E-state index contributed by atoms with van der Waals surface area (Å²) in [4.78, 5) is 18.5. The number of nitrogens with zero attached hydrogens (tertiary/aromatic N) is 6. The fourth-order valence-electron chi connectivity index (χ4n) is 6.02. The molecule has 4 heterocycles. The Kier molecular flexibility index (Phi) is 6.77. The van der Waals surface area contributed by atoms with E-state index in [0.29, 0.717) is 28.1 Å². The molecular formula is C29H29F3N6O4S. The maximum atomic E-state index is 13.9. The molecule has 1 aromatic carbocycles. The van der Waals surface area contributed by atoms with Crippen LogP contribution in [0.3, 0.4) is 0 Å². The van der Waals surface area contributed by atoms with Crippen molar-refractivity contribution < 1.29 is 31.5 Å². The van der Waals surface area contributed by atoms with Crippen LogP contribution < -0.4 is 4.90 Å². The first-order valence-electron chi connectivity index (χ1n) is 13.6. The van der Waals surface area contributed by atoms with E-state index in [-0.39, 0.29) is 35.6 Å². The number of aliphatic carboxylic acids is 1. The molecule has 3 aromatic heterocycles. The van der Waals surface area contributed by atoms with E-state index in [4.69, 9.17) is 0 Å². The van der Waals surface area contributed by atoms with Crippen molar-refractivity contribution in [1.29, 1.82) is 0 Å². The Bertz CT molecular complexity index is 1870. The molecule has 1 N–H and O–H groups in total. The largest absolute Gasteiger partial charge is 0.481 e. The predicted molar refractivity (Wildman–Crippen MR) is 150 cm³/mol. The highest BCUT2D eigenvalue weighted by atomic mass is 32.2. The van der Waals surface area contributed by atoms with Crippen LogP contribution in [-0.2, 0) is 27.5 Å². The monoisotopic (exact) mass is 614 g/mol. The van der Waals surface area contributed by atoms with Gasteiger partial charge in [0.2, 0.25) is 15.8 Å². The van der Waals surface area contributed by atoms with E-state index >= 15 is 0 Å². The molecule has 1 unspecified atom stereocenters. The first-order valence-corrected chi connectivity index (χ1v) is 15.1. The number of aryl methyl sites for hydroxylation is 2. The molecule has 226 valence electrons. The molecule has 43 heavy (non-hydrogen) atoms. The molecular weight excluding hydrogens is 585 g/mol. The standard InChI is InChI=1S/C29H29F3N6O4S/c1-17-6-7-19(22(14-24(39)40)21-8-12-38-25(18(21)2)34-35-27(38)29(30,31)32)13-20(17)15-37-16-28(9-10-28)36(3)26-23(43(37,41)42)5-4-11-33-26/h4-8,11-13,22H,9-10,14-16H2,1-3H3,(H,39,40). The van der Waals surface area contributed by atoms with Crippen molar-refractivity contribution in [3.63, 3.8) is 0 Å². The molecule has 6 rings (SSSR count). The van der Waals surface area contributed by atoms with Crippen molar-refractivity contribution in [2.45, 2.75) is 62.2 Å². The molecule has 0 saturated heterocycles. The summed E-state index contributed by atoms with van der Waals surface area (Å²) in [5, 5.41) is 16.9. The predicted octanol–water partition coefficient (Wildman–Crippen LogP) is 4.54. The fourth-order valence-corrected chi connectivity index (χ4v) is 7.68. The zero-order valence-electron chi connectivity index (χ0n) is 23.6. The summed E-state index contributed by atoms with van der Waals surface area (Å²) in [5.41, 5.74) is 2.60. The van der Waals surface area contributed by atoms with Crippen molar-refractivity contribution in [2.24, 2.45) is 0 Å². The number of rotatable bonds is 6. The molecule has 1 atom stereocenters. The van der Waals surface area contributed by atoms with Crippen LogP contribution >= 0.6 is 0 Å². The Morgan fingerprint density at radius 3 is 2.56 bits per heavy atom. The van der Waals surface area contributed by atoms with Crippen LogP contribution in [0.5, 0.6) is 0 Å². The Labute approximate surface area is 245 Å². The van der Waals surface area contributed by atoms with E-state index < -0.39 is 33.9 Å². The zero-order chi connectivity index (χ0) is 30.9. The minimum atomic E-state index is -4.71. The van der Waals surface area contributed by atoms with Gasteiger partial charge in [-0.25, -0.2) is 13.4 Å². The number of benzene rings is 1. The van der Waals surface area contributed by atoms with Gasteiger partial charge in [-0.15, -0.1) is 10.2 Å². The molecule has 1 fully saturated rings. The Balaban J connectivity index is 1.41. The van der Waals surface area contributed by atoms with Gasteiger partial charge in [-0.1, -0.05) is 18.2 Å². The summed E-state index contributed by atoms with van der Waals surface area (Å²) in [6.45, 7) is 3.78. The fraction of sp³-hybridized carbons (Fsp3) is 0.379. The van der Waals surface area contributed by atoms with Crippen LogP contribution in [-0.4, -0.2) is 62.5 Å². The molecule has 10 nitrogen and oxygen atoms in total. The lowest BCUT2D eigenvalue weighted by molar-refractivity contribution is -0.145. The van der Waals surface area contributed by atoms with Crippen molar-refractivity contribution in [3.05, 3.63) is 82.4 Å². The topological polar surface area (TPSA) is 121 Å². The van der Waals surface area contributed by atoms with Gasteiger partial charge in [0, 0.05) is 38.4 Å². The molecule has 1 aliphatic heterocycles. The smallest absolute Gasteiger partial charge is 0.452 e. The number of sulfonamides is 1. The van der Waals surface area contributed by atoms with Crippen molar-refractivity contribution >= 4 is 27.5 Å². The van der Waals surface area contributed by atoms with Crippen LogP contribution in [0.2, 0.25) is 0 Å². The molecule has 1 spiro atoms. The summed E-state index contributed by atoms with van der Waals surface area (Å²) >= 11 is 0. The summed E-state index contributed by atoms with van der Waals surface area (Å²) in [6.07, 6.45) is -0.620. The molecule has 0 bridgehead atoms. The second-order valence-corrected chi connectivity index (χ2v) is 13.2. The normalized spacial score (nSPS) is 18.4. The number of fused-ring (bicyclic) bond motifs is 2. The van der Waals surface area contributed by atoms with Gasteiger partial charge in [-0.2, -0.15) is 17.5 Å². The number of alkyl halides is 3. The van der Waals surface area contributed by atoms with E-state index in [0.717, 1.165) is 22.8 Å². The lowest BCUT2D eigenvalue weighted by Gasteiger charge is -2.29. The second kappa shape index (κ2) is 10.0. The first kappa shape index (κ1) is 29.1. The number of hydrogen-bond acceptors (Lipinski definition) is 7. The quantitative estimate of drug-likeness (QED) is 0.336. The van der Waals surface area contributed by atoms with E-state index in [2.05, 4.69) is 15.2 Å². The number of carbonyl (C=O) groups is 1. The van der Waals surface area contributed by atoms with Gasteiger partial charge < -0.3 is 10.0 Å². The Hall–Kier alpha value is -4.04. The molecule has 1 aliphatic carbocycles. The summed E-state index contributed by atoms with van der Waals surface area (Å²) in [6, 6.07) is 10.00. The SMILES string of the molecule is Cc1ccc(C(CC(=O)O)c2ccn3c(C(F)(F)F)nnc3c2C)cc1CN1CC2(CC2)N(C)c2ncccc2S1(=O)=O. The molecule has 2 aliphatic rings. The number of anilines is 1. The number of hydrogen-bond donors (Lipinski definition) is 1. The van der Waals surface area contributed by atoms with Gasteiger partial charge in [-0.3, -0.25) is 9.20 Å². The molecule has 0 radical (unpaired) electrons. The van der Waals surface area contributed by atoms with Gasteiger partial charge in [0.15, 0.2) is 5.65 Å². The molecule has 4 aromatic rings. The van der Waals surface area contributed by atoms with Crippen LogP contribution in [0.15, 0.2) is 53.7 Å². The van der Waals surface area contributed by atoms with E-state index in [1.54, 1.807) is 37.4 Å². The van der Waals surface area contributed by atoms with Crippen LogP contribution in [0.25, 0.3) is 5.65 Å². The van der Waals surface area contributed by atoms with E-state index in [1.807, 2.05) is 24.9 Å². The minimum absolute atomic E-state index is 0.0191. The number of likely N-dealkylation sites (N-methyl/N-ethyl adjacent to an activating group) is 1. The third-order valence-corrected chi connectivity index (χ3v) is 10.5. The molecule has 1 saturated carbocycles. The van der Waals surface area contributed by atoms with Gasteiger partial charge in [-0.05, 0) is 72.7 Å². The third-order valence-electron chi connectivity index (χ3n) is 8.69. The lowest BCUT2D eigenvalue weighted by Crippen LogP contribution is -2.43. The van der Waals surface area contributed by atoms with Crippen LogP contribution in [0, 0.1) is 13.8 Å². The summed E-state index contributed by atoms with van der Waals surface area (Å²) in [5.74, 6) is -2.58. The van der Waals surface area contributed by atoms with Gasteiger partial charge >= 0.3 is 12.1 Å². The average molecular weight is 615 g/mol. The van der Waals surface area contributed by atoms with Gasteiger partial charge in [0.25, 0.3) is 0 Å². The number of aromatic nitrogens is 4. The number of carboxylic acids is 1. The average Bonchev–Trinajstić information content (AvgIpc) is 3.60. The van der Waals surface area contributed by atoms with Gasteiger partial charge in [0.1, 0.15) is 10.7 Å². The highest BCUT2D eigenvalue weighted by Gasteiger charge is 2.53. The van der Waals surface area contributed by atoms with Gasteiger partial charge in [0.05, 0.1) is 12.0 Å². The zero-order valence-corrected chi connectivity index (χ0v) is 24.4.